The molecule has 1 heterocycles. The Morgan fingerprint density at radius 2 is 1.60 bits per heavy atom. The zero-order chi connectivity index (χ0) is 13.5. The van der Waals surface area contributed by atoms with E-state index in [0.29, 0.717) is 0 Å². The highest BCUT2D eigenvalue weighted by molar-refractivity contribution is 5.02. The van der Waals surface area contributed by atoms with Crippen LogP contribution in [0.2, 0.25) is 0 Å². The van der Waals surface area contributed by atoms with Crippen LogP contribution in [0.15, 0.2) is 0 Å². The van der Waals surface area contributed by atoms with Gasteiger partial charge in [-0.15, -0.1) is 0 Å². The fourth-order valence-corrected chi connectivity index (χ4v) is 5.96. The van der Waals surface area contributed by atoms with Gasteiger partial charge in [-0.2, -0.15) is 5.26 Å². The van der Waals surface area contributed by atoms with Crippen LogP contribution in [0.5, 0.6) is 0 Å². The summed E-state index contributed by atoms with van der Waals surface area (Å²) in [4.78, 5) is 2.43. The molecule has 3 heteroatoms. The molecule has 1 N–H and O–H groups in total. The zero-order valence-corrected chi connectivity index (χ0v) is 12.4. The highest BCUT2D eigenvalue weighted by Crippen LogP contribution is 2.57. The zero-order valence-electron chi connectivity index (χ0n) is 12.4. The molecule has 5 fully saturated rings. The van der Waals surface area contributed by atoms with Crippen molar-refractivity contribution in [3.05, 3.63) is 0 Å². The molecule has 4 aliphatic carbocycles. The van der Waals surface area contributed by atoms with Gasteiger partial charge in [-0.05, 0) is 68.1 Å². The van der Waals surface area contributed by atoms with Crippen molar-refractivity contribution >= 4 is 0 Å². The number of nitrogens with zero attached hydrogens (tertiary/aromatic N) is 2. The largest absolute Gasteiger partial charge is 0.314 e. The third-order valence-corrected chi connectivity index (χ3v) is 6.66. The highest BCUT2D eigenvalue weighted by Gasteiger charge is 2.48. The Bertz CT molecular complexity index is 366. The van der Waals surface area contributed by atoms with Crippen LogP contribution in [0.1, 0.15) is 38.5 Å². The van der Waals surface area contributed by atoms with Crippen molar-refractivity contribution in [1.82, 2.24) is 10.2 Å². The second-order valence-corrected chi connectivity index (χ2v) is 7.76. The number of rotatable bonds is 3. The molecule has 0 aromatic heterocycles. The van der Waals surface area contributed by atoms with Gasteiger partial charge in [-0.3, -0.25) is 4.90 Å². The lowest BCUT2D eigenvalue weighted by Gasteiger charge is -2.55. The molecule has 1 aliphatic heterocycles. The van der Waals surface area contributed by atoms with Crippen molar-refractivity contribution in [1.29, 1.82) is 5.26 Å². The normalized spacial score (nSPS) is 45.2. The van der Waals surface area contributed by atoms with Crippen LogP contribution in [0, 0.1) is 40.9 Å². The molecule has 4 bridgehead atoms. The summed E-state index contributed by atoms with van der Waals surface area (Å²) in [7, 11) is 0. The molecule has 110 valence electrons. The quantitative estimate of drug-likeness (QED) is 0.857. The van der Waals surface area contributed by atoms with Gasteiger partial charge in [0.15, 0.2) is 0 Å². The number of hydrogen-bond donors (Lipinski definition) is 1. The summed E-state index contributed by atoms with van der Waals surface area (Å²) >= 11 is 0. The molecule has 3 nitrogen and oxygen atoms in total. The summed E-state index contributed by atoms with van der Waals surface area (Å²) in [5, 5.41) is 13.0. The molecular weight excluding hydrogens is 246 g/mol. The van der Waals surface area contributed by atoms with Crippen molar-refractivity contribution in [3.63, 3.8) is 0 Å². The minimum absolute atomic E-state index is 0.180. The summed E-state index contributed by atoms with van der Waals surface area (Å²) in [5.74, 6) is 4.89. The predicted molar refractivity (Wildman–Crippen MR) is 79.0 cm³/mol. The van der Waals surface area contributed by atoms with Crippen LogP contribution in [-0.2, 0) is 0 Å². The summed E-state index contributed by atoms with van der Waals surface area (Å²) in [6.45, 7) is 4.23. The van der Waals surface area contributed by atoms with E-state index in [0.717, 1.165) is 62.2 Å². The third kappa shape index (κ3) is 2.27. The molecule has 1 saturated heterocycles. The summed E-state index contributed by atoms with van der Waals surface area (Å²) in [6, 6.07) is 2.81. The van der Waals surface area contributed by atoms with Gasteiger partial charge in [-0.1, -0.05) is 0 Å². The number of hydrogen-bond acceptors (Lipinski definition) is 3. The van der Waals surface area contributed by atoms with E-state index in [1.807, 2.05) is 0 Å². The topological polar surface area (TPSA) is 39.1 Å². The first-order valence-electron chi connectivity index (χ1n) is 8.68. The van der Waals surface area contributed by atoms with Crippen LogP contribution in [0.4, 0.5) is 0 Å². The van der Waals surface area contributed by atoms with Crippen LogP contribution in [-0.4, -0.2) is 37.1 Å². The Balaban J connectivity index is 1.43. The summed E-state index contributed by atoms with van der Waals surface area (Å²) < 4.78 is 0. The Labute approximate surface area is 122 Å². The SMILES string of the molecule is N#CC(CC1C2CC3CC(C2)CC1C3)N1CCNCC1. The monoisotopic (exact) mass is 273 g/mol. The van der Waals surface area contributed by atoms with Crippen molar-refractivity contribution in [2.75, 3.05) is 26.2 Å². The van der Waals surface area contributed by atoms with Crippen molar-refractivity contribution in [2.24, 2.45) is 29.6 Å². The number of piperazine rings is 1. The fourth-order valence-electron chi connectivity index (χ4n) is 5.96. The van der Waals surface area contributed by atoms with Gasteiger partial charge in [0.1, 0.15) is 0 Å². The lowest BCUT2D eigenvalue weighted by atomic mass is 9.51. The molecule has 0 spiro atoms. The summed E-state index contributed by atoms with van der Waals surface area (Å²) in [6.07, 6.45) is 8.62. The molecule has 0 aromatic carbocycles. The lowest BCUT2D eigenvalue weighted by Crippen LogP contribution is -2.51. The van der Waals surface area contributed by atoms with Gasteiger partial charge in [-0.25, -0.2) is 0 Å². The predicted octanol–water partition coefficient (Wildman–Crippen LogP) is 2.25. The van der Waals surface area contributed by atoms with Gasteiger partial charge >= 0.3 is 0 Å². The molecule has 0 amide bonds. The minimum atomic E-state index is 0.180. The molecule has 5 aliphatic rings. The Morgan fingerprint density at radius 1 is 1.00 bits per heavy atom. The van der Waals surface area contributed by atoms with Crippen LogP contribution in [0.25, 0.3) is 0 Å². The smallest absolute Gasteiger partial charge is 0.0981 e. The second-order valence-electron chi connectivity index (χ2n) is 7.76. The number of nitriles is 1. The van der Waals surface area contributed by atoms with Crippen LogP contribution in [0.3, 0.4) is 0 Å². The van der Waals surface area contributed by atoms with Gasteiger partial charge in [0, 0.05) is 26.2 Å². The first kappa shape index (κ1) is 13.1. The minimum Gasteiger partial charge on any atom is -0.314 e. The molecule has 4 saturated carbocycles. The maximum Gasteiger partial charge on any atom is 0.0981 e. The van der Waals surface area contributed by atoms with E-state index in [-0.39, 0.29) is 6.04 Å². The van der Waals surface area contributed by atoms with E-state index in [2.05, 4.69) is 16.3 Å². The first-order valence-corrected chi connectivity index (χ1v) is 8.68. The molecule has 1 atom stereocenters. The average molecular weight is 273 g/mol. The van der Waals surface area contributed by atoms with Gasteiger partial charge in [0.2, 0.25) is 0 Å². The highest BCUT2D eigenvalue weighted by atomic mass is 15.2. The standard InChI is InChI=1S/C17H27N3/c18-11-16(20-3-1-19-2-4-20)10-17-14-6-12-5-13(8-14)9-15(17)7-12/h12-17,19H,1-10H2. The van der Waals surface area contributed by atoms with Crippen molar-refractivity contribution < 1.29 is 0 Å². The Morgan fingerprint density at radius 3 is 2.15 bits per heavy atom. The van der Waals surface area contributed by atoms with E-state index in [1.165, 1.54) is 32.1 Å². The van der Waals surface area contributed by atoms with Crippen LogP contribution < -0.4 is 5.32 Å². The van der Waals surface area contributed by atoms with Gasteiger partial charge in [0.05, 0.1) is 12.1 Å². The van der Waals surface area contributed by atoms with Crippen LogP contribution >= 0.6 is 0 Å². The number of nitrogens with one attached hydrogen (secondary N) is 1. The maximum atomic E-state index is 9.62. The molecule has 0 aromatic rings. The maximum absolute atomic E-state index is 9.62. The molecule has 1 unspecified atom stereocenters. The van der Waals surface area contributed by atoms with E-state index in [1.54, 1.807) is 0 Å². The average Bonchev–Trinajstić information content (AvgIpc) is 2.47. The van der Waals surface area contributed by atoms with Crippen molar-refractivity contribution in [2.45, 2.75) is 44.6 Å². The second kappa shape index (κ2) is 5.31. The van der Waals surface area contributed by atoms with Crippen molar-refractivity contribution in [3.8, 4) is 6.07 Å². The van der Waals surface area contributed by atoms with Gasteiger partial charge in [0.25, 0.3) is 0 Å². The van der Waals surface area contributed by atoms with Gasteiger partial charge < -0.3 is 5.32 Å². The van der Waals surface area contributed by atoms with E-state index < -0.39 is 0 Å². The van der Waals surface area contributed by atoms with E-state index in [4.69, 9.17) is 0 Å². The molecule has 5 rings (SSSR count). The fraction of sp³-hybridized carbons (Fsp3) is 0.941. The molecular formula is C17H27N3. The molecule has 20 heavy (non-hydrogen) atoms. The van der Waals surface area contributed by atoms with E-state index >= 15 is 0 Å². The summed E-state index contributed by atoms with van der Waals surface area (Å²) in [5.41, 5.74) is 0. The molecule has 0 radical (unpaired) electrons. The Kier molecular flexibility index (Phi) is 3.48. The third-order valence-electron chi connectivity index (χ3n) is 6.66. The lowest BCUT2D eigenvalue weighted by molar-refractivity contribution is -0.0466. The van der Waals surface area contributed by atoms with E-state index in [9.17, 15) is 5.26 Å². The Hall–Kier alpha value is -0.590. The first-order chi connectivity index (χ1) is 9.83.